The minimum absolute atomic E-state index is 0.160. The van der Waals surface area contributed by atoms with Crippen molar-refractivity contribution in [3.8, 4) is 0 Å². The summed E-state index contributed by atoms with van der Waals surface area (Å²) in [6.07, 6.45) is 8.65. The number of hydrogen-bond donors (Lipinski definition) is 0. The van der Waals surface area contributed by atoms with Gasteiger partial charge in [0, 0.05) is 0 Å². The minimum atomic E-state index is -0.160. The Labute approximate surface area is 84.8 Å². The number of hydrogen-bond acceptors (Lipinski definition) is 0. The van der Waals surface area contributed by atoms with Gasteiger partial charge in [-0.3, -0.25) is 0 Å². The van der Waals surface area contributed by atoms with Crippen molar-refractivity contribution in [2.24, 2.45) is 0 Å². The smallest absolute Gasteiger partial charge is 0.126 e. The molecule has 74 valence electrons. The van der Waals surface area contributed by atoms with Gasteiger partial charge in [0.05, 0.1) is 0 Å². The van der Waals surface area contributed by atoms with Crippen LogP contribution in [-0.4, -0.2) is 0 Å². The summed E-state index contributed by atoms with van der Waals surface area (Å²) in [6, 6.07) is 0. The van der Waals surface area contributed by atoms with Gasteiger partial charge in [-0.2, -0.15) is 0 Å². The molecular weight excluding hydrogens is 175 g/mol. The van der Waals surface area contributed by atoms with Crippen molar-refractivity contribution in [2.45, 2.75) is 19.8 Å². The van der Waals surface area contributed by atoms with Crippen molar-refractivity contribution < 1.29 is 4.39 Å². The van der Waals surface area contributed by atoms with Gasteiger partial charge < -0.3 is 0 Å². The molecule has 0 heterocycles. The van der Waals surface area contributed by atoms with E-state index >= 15 is 0 Å². The second-order valence-corrected chi connectivity index (χ2v) is 3.47. The fraction of sp³-hybridized carbons (Fsp3) is 0.231. The largest absolute Gasteiger partial charge is 0.207 e. The highest BCUT2D eigenvalue weighted by Gasteiger charge is 2.08. The van der Waals surface area contributed by atoms with Crippen molar-refractivity contribution in [3.63, 3.8) is 0 Å². The highest BCUT2D eigenvalue weighted by molar-refractivity contribution is 5.44. The van der Waals surface area contributed by atoms with Crippen LogP contribution in [0.2, 0.25) is 0 Å². The first-order chi connectivity index (χ1) is 6.61. The van der Waals surface area contributed by atoms with Gasteiger partial charge in [0.2, 0.25) is 0 Å². The van der Waals surface area contributed by atoms with Crippen LogP contribution in [0.5, 0.6) is 0 Å². The van der Waals surface area contributed by atoms with E-state index in [0.717, 1.165) is 24.0 Å². The standard InChI is InChI=1S/C13H15F/c1-10(2)8-9-11(3)12-6-4-5-7-13(12)14/h5,7-9H,1,3-4,6H2,2H3/b9-8-. The second-order valence-electron chi connectivity index (χ2n) is 3.47. The normalized spacial score (nSPS) is 16.4. The van der Waals surface area contributed by atoms with Crippen molar-refractivity contribution in [1.82, 2.24) is 0 Å². The van der Waals surface area contributed by atoms with E-state index in [1.807, 2.05) is 25.2 Å². The summed E-state index contributed by atoms with van der Waals surface area (Å²) in [5.74, 6) is -0.160. The SMILES string of the molecule is C=C(C)/C=C\C(=C)C1=C(F)C=CCC1. The quantitative estimate of drug-likeness (QED) is 0.584. The Morgan fingerprint density at radius 3 is 2.71 bits per heavy atom. The minimum Gasteiger partial charge on any atom is -0.207 e. The van der Waals surface area contributed by atoms with Crippen LogP contribution in [0, 0.1) is 0 Å². The zero-order chi connectivity index (χ0) is 10.6. The van der Waals surface area contributed by atoms with E-state index in [4.69, 9.17) is 0 Å². The lowest BCUT2D eigenvalue weighted by atomic mass is 9.97. The average molecular weight is 190 g/mol. The van der Waals surface area contributed by atoms with Gasteiger partial charge in [0.15, 0.2) is 0 Å². The molecule has 0 saturated carbocycles. The van der Waals surface area contributed by atoms with Gasteiger partial charge >= 0.3 is 0 Å². The van der Waals surface area contributed by atoms with Gasteiger partial charge in [-0.1, -0.05) is 37.0 Å². The van der Waals surface area contributed by atoms with E-state index in [0.29, 0.717) is 5.57 Å². The maximum absolute atomic E-state index is 13.3. The van der Waals surface area contributed by atoms with E-state index < -0.39 is 0 Å². The van der Waals surface area contributed by atoms with Crippen molar-refractivity contribution in [3.05, 3.63) is 60.0 Å². The molecule has 0 N–H and O–H groups in total. The predicted octanol–water partition coefficient (Wildman–Crippen LogP) is 4.25. The zero-order valence-electron chi connectivity index (χ0n) is 8.52. The molecule has 1 aliphatic carbocycles. The van der Waals surface area contributed by atoms with E-state index in [2.05, 4.69) is 13.2 Å². The summed E-state index contributed by atoms with van der Waals surface area (Å²) in [6.45, 7) is 9.48. The summed E-state index contributed by atoms with van der Waals surface area (Å²) < 4.78 is 13.3. The molecule has 0 amide bonds. The fourth-order valence-electron chi connectivity index (χ4n) is 1.29. The van der Waals surface area contributed by atoms with Crippen LogP contribution in [0.4, 0.5) is 4.39 Å². The first kappa shape index (κ1) is 10.7. The van der Waals surface area contributed by atoms with Gasteiger partial charge in [-0.25, -0.2) is 4.39 Å². The molecule has 0 aromatic rings. The van der Waals surface area contributed by atoms with Gasteiger partial charge in [-0.15, -0.1) is 0 Å². The van der Waals surface area contributed by atoms with E-state index in [9.17, 15) is 4.39 Å². The van der Waals surface area contributed by atoms with E-state index in [-0.39, 0.29) is 5.83 Å². The summed E-state index contributed by atoms with van der Waals surface area (Å²) in [5, 5.41) is 0. The molecule has 0 fully saturated rings. The Morgan fingerprint density at radius 2 is 2.14 bits per heavy atom. The third-order valence-corrected chi connectivity index (χ3v) is 2.07. The molecule has 0 aromatic carbocycles. The summed E-state index contributed by atoms with van der Waals surface area (Å²) in [4.78, 5) is 0. The Balaban J connectivity index is 2.79. The van der Waals surface area contributed by atoms with Gasteiger partial charge in [-0.05, 0) is 37.0 Å². The molecule has 0 saturated heterocycles. The second kappa shape index (κ2) is 4.75. The van der Waals surface area contributed by atoms with Crippen molar-refractivity contribution in [1.29, 1.82) is 0 Å². The average Bonchev–Trinajstić information content (AvgIpc) is 2.15. The maximum Gasteiger partial charge on any atom is 0.126 e. The van der Waals surface area contributed by atoms with Crippen LogP contribution in [0.25, 0.3) is 0 Å². The van der Waals surface area contributed by atoms with Crippen LogP contribution < -0.4 is 0 Å². The molecular formula is C13H15F. The molecule has 0 atom stereocenters. The van der Waals surface area contributed by atoms with Crippen LogP contribution in [0.1, 0.15) is 19.8 Å². The zero-order valence-corrected chi connectivity index (χ0v) is 8.52. The number of halogens is 1. The molecule has 1 rings (SSSR count). The highest BCUT2D eigenvalue weighted by Crippen LogP contribution is 2.26. The molecule has 0 aromatic heterocycles. The topological polar surface area (TPSA) is 0 Å². The molecule has 14 heavy (non-hydrogen) atoms. The maximum atomic E-state index is 13.3. The van der Waals surface area contributed by atoms with Crippen LogP contribution in [0.3, 0.4) is 0 Å². The van der Waals surface area contributed by atoms with E-state index in [1.54, 1.807) is 0 Å². The third-order valence-electron chi connectivity index (χ3n) is 2.07. The summed E-state index contributed by atoms with van der Waals surface area (Å²) >= 11 is 0. The van der Waals surface area contributed by atoms with Crippen LogP contribution in [-0.2, 0) is 0 Å². The molecule has 0 radical (unpaired) electrons. The van der Waals surface area contributed by atoms with Crippen molar-refractivity contribution >= 4 is 0 Å². The first-order valence-electron chi connectivity index (χ1n) is 4.69. The lowest BCUT2D eigenvalue weighted by molar-refractivity contribution is 0.640. The van der Waals surface area contributed by atoms with Crippen LogP contribution in [0.15, 0.2) is 60.0 Å². The van der Waals surface area contributed by atoms with Crippen molar-refractivity contribution in [2.75, 3.05) is 0 Å². The van der Waals surface area contributed by atoms with Gasteiger partial charge in [0.25, 0.3) is 0 Å². The first-order valence-corrected chi connectivity index (χ1v) is 4.69. The Bertz CT molecular complexity index is 340. The third kappa shape index (κ3) is 2.84. The Kier molecular flexibility index (Phi) is 3.63. The molecule has 1 heteroatoms. The van der Waals surface area contributed by atoms with Gasteiger partial charge in [0.1, 0.15) is 5.83 Å². The van der Waals surface area contributed by atoms with E-state index in [1.165, 1.54) is 6.08 Å². The molecule has 0 nitrogen and oxygen atoms in total. The number of allylic oxidation sites excluding steroid dienone is 8. The molecule has 0 bridgehead atoms. The fourth-order valence-corrected chi connectivity index (χ4v) is 1.29. The Hall–Kier alpha value is -1.37. The lowest BCUT2D eigenvalue weighted by Gasteiger charge is -2.10. The summed E-state index contributed by atoms with van der Waals surface area (Å²) in [5.41, 5.74) is 2.40. The molecule has 1 aliphatic rings. The number of rotatable bonds is 3. The predicted molar refractivity (Wildman–Crippen MR) is 59.6 cm³/mol. The summed E-state index contributed by atoms with van der Waals surface area (Å²) in [7, 11) is 0. The Morgan fingerprint density at radius 1 is 1.43 bits per heavy atom. The molecule has 0 spiro atoms. The molecule has 0 aliphatic heterocycles. The monoisotopic (exact) mass is 190 g/mol. The molecule has 0 unspecified atom stereocenters. The highest BCUT2D eigenvalue weighted by atomic mass is 19.1. The van der Waals surface area contributed by atoms with Crippen LogP contribution >= 0.6 is 0 Å². The lowest BCUT2D eigenvalue weighted by Crippen LogP contribution is -1.93.